The van der Waals surface area contributed by atoms with E-state index < -0.39 is 46.2 Å². The van der Waals surface area contributed by atoms with Crippen LogP contribution in [0.1, 0.15) is 32.3 Å². The number of ether oxygens (including phenoxy) is 5. The molecule has 242 valence electrons. The first-order valence-corrected chi connectivity index (χ1v) is 16.9. The number of hydrogen-bond donors (Lipinski definition) is 2. The second-order valence-corrected chi connectivity index (χ2v) is 13.8. The average molecular weight is 653 g/mol. The predicted molar refractivity (Wildman–Crippen MR) is 161 cm³/mol. The Morgan fingerprint density at radius 3 is 2.57 bits per heavy atom. The summed E-state index contributed by atoms with van der Waals surface area (Å²) in [5.74, 6) is 0.432. The zero-order valence-electron chi connectivity index (χ0n) is 25.2. The number of sulfonamides is 1. The van der Waals surface area contributed by atoms with Gasteiger partial charge in [-0.05, 0) is 62.9 Å². The number of hydrogen-bond acceptors (Lipinski definition) is 10. The number of aliphatic hydroxyl groups is 1. The van der Waals surface area contributed by atoms with Crippen molar-refractivity contribution in [3.63, 3.8) is 0 Å². The first-order chi connectivity index (χ1) is 21.0. The topological polar surface area (TPSA) is 150 Å². The van der Waals surface area contributed by atoms with Gasteiger partial charge in [-0.1, -0.05) is 30.3 Å². The normalized spacial score (nSPS) is 21.6. The van der Waals surface area contributed by atoms with E-state index in [2.05, 4.69) is 5.32 Å². The van der Waals surface area contributed by atoms with Gasteiger partial charge in [-0.2, -0.15) is 4.31 Å². The molecule has 0 bridgehead atoms. The van der Waals surface area contributed by atoms with Crippen LogP contribution in [0.4, 0.5) is 4.79 Å². The molecule has 2 saturated heterocycles. The highest BCUT2D eigenvalue weighted by molar-refractivity contribution is 7.89. The van der Waals surface area contributed by atoms with Crippen LogP contribution in [0.5, 0.6) is 5.75 Å². The maximum atomic E-state index is 14.1. The molecule has 2 fully saturated rings. The van der Waals surface area contributed by atoms with Gasteiger partial charge in [0.2, 0.25) is 10.0 Å². The molecule has 0 saturated carbocycles. The van der Waals surface area contributed by atoms with E-state index >= 15 is 0 Å². The van der Waals surface area contributed by atoms with Gasteiger partial charge in [-0.25, -0.2) is 13.2 Å². The van der Waals surface area contributed by atoms with Crippen molar-refractivity contribution in [2.45, 2.75) is 68.1 Å². The van der Waals surface area contributed by atoms with Gasteiger partial charge in [0.15, 0.2) is 14.8 Å². The minimum atomic E-state index is -4.16. The van der Waals surface area contributed by atoms with Gasteiger partial charge < -0.3 is 34.1 Å². The summed E-state index contributed by atoms with van der Waals surface area (Å²) in [4.78, 5) is 13.1. The van der Waals surface area contributed by atoms with Crippen molar-refractivity contribution in [1.82, 2.24) is 9.62 Å². The molecule has 2 aliphatic heterocycles. The van der Waals surface area contributed by atoms with E-state index in [4.69, 9.17) is 23.7 Å². The maximum absolute atomic E-state index is 14.1. The number of nitrogens with zero attached hydrogens (tertiary/aromatic N) is 1. The van der Waals surface area contributed by atoms with Gasteiger partial charge in [0, 0.05) is 18.7 Å². The van der Waals surface area contributed by atoms with Crippen molar-refractivity contribution in [3.05, 3.63) is 60.2 Å². The number of rotatable bonds is 16. The lowest BCUT2D eigenvalue weighted by molar-refractivity contribution is -0.0907. The standard InChI is InChI=1S/C30H41N2O10PS/c1-30(2,14-16-39-20-43-35)32(44(36,37)23-11-9-22(38-3)10-12-23)18-26(33)25(17-21-7-5-4-6-8-21)31-29(34)42-27-19-41-28-24(27)13-15-40-28/h4-12,24-28,33H,13-20H2,1-3H3,(H,31,34)/t24-,25-,26+,27?,28+/m0/s1. The number of carbonyl (C=O) groups is 1. The lowest BCUT2D eigenvalue weighted by Gasteiger charge is -2.40. The Morgan fingerprint density at radius 1 is 1.16 bits per heavy atom. The van der Waals surface area contributed by atoms with Crippen molar-refractivity contribution in [2.75, 3.05) is 39.8 Å². The van der Waals surface area contributed by atoms with Gasteiger partial charge in [0.1, 0.15) is 18.2 Å². The summed E-state index contributed by atoms with van der Waals surface area (Å²) in [6.07, 6.45) is -1.80. The molecule has 14 heteroatoms. The zero-order chi connectivity index (χ0) is 31.7. The van der Waals surface area contributed by atoms with Crippen LogP contribution >= 0.6 is 8.46 Å². The zero-order valence-corrected chi connectivity index (χ0v) is 26.9. The lowest BCUT2D eigenvalue weighted by atomic mass is 9.98. The Kier molecular flexibility index (Phi) is 12.1. The van der Waals surface area contributed by atoms with Crippen molar-refractivity contribution in [3.8, 4) is 5.75 Å². The summed E-state index contributed by atoms with van der Waals surface area (Å²) < 4.78 is 67.6. The van der Waals surface area contributed by atoms with Gasteiger partial charge in [-0.3, -0.25) is 4.57 Å². The molecule has 44 heavy (non-hydrogen) atoms. The molecule has 1 unspecified atom stereocenters. The Bertz CT molecular complexity index is 1330. The summed E-state index contributed by atoms with van der Waals surface area (Å²) in [5.41, 5.74) is -0.213. The van der Waals surface area contributed by atoms with Crippen LogP contribution in [0.3, 0.4) is 0 Å². The Labute approximate surface area is 260 Å². The molecular weight excluding hydrogens is 611 g/mol. The maximum Gasteiger partial charge on any atom is 0.407 e. The molecule has 0 radical (unpaired) electrons. The third kappa shape index (κ3) is 8.75. The van der Waals surface area contributed by atoms with E-state index in [1.807, 2.05) is 30.3 Å². The number of benzene rings is 2. The summed E-state index contributed by atoms with van der Waals surface area (Å²) >= 11 is 0. The molecule has 2 heterocycles. The molecule has 0 aliphatic carbocycles. The SMILES string of the molecule is COc1ccc(S(=O)(=O)N(C[C@@H](O)[C@H](Cc2ccccc2)NC(=O)OC2CO[C@H]3OCC[C@@H]23)C(C)(C)CCOCP=O)cc1. The third-order valence-electron chi connectivity index (χ3n) is 7.99. The largest absolute Gasteiger partial charge is 0.497 e. The second-order valence-electron chi connectivity index (χ2n) is 11.4. The fourth-order valence-corrected chi connectivity index (χ4v) is 7.44. The van der Waals surface area contributed by atoms with E-state index in [-0.39, 0.29) is 58.2 Å². The highest BCUT2D eigenvalue weighted by Gasteiger charge is 2.44. The molecule has 2 aliphatic rings. The quantitative estimate of drug-likeness (QED) is 0.204. The summed E-state index contributed by atoms with van der Waals surface area (Å²) in [6, 6.07) is 14.4. The number of nitrogens with one attached hydrogen (secondary N) is 1. The summed E-state index contributed by atoms with van der Waals surface area (Å²) in [6.45, 7) is 4.00. The molecule has 1 amide bonds. The summed E-state index contributed by atoms with van der Waals surface area (Å²) in [5, 5.41) is 14.4. The van der Waals surface area contributed by atoms with Crippen LogP contribution in [0.15, 0.2) is 59.5 Å². The monoisotopic (exact) mass is 652 g/mol. The van der Waals surface area contributed by atoms with Crippen LogP contribution in [-0.2, 0) is 40.0 Å². The van der Waals surface area contributed by atoms with Crippen LogP contribution < -0.4 is 10.1 Å². The average Bonchev–Trinajstić information content (AvgIpc) is 3.63. The number of fused-ring (bicyclic) bond motifs is 1. The van der Waals surface area contributed by atoms with Gasteiger partial charge in [-0.15, -0.1) is 0 Å². The molecule has 2 aromatic rings. The predicted octanol–water partition coefficient (Wildman–Crippen LogP) is 3.58. The Morgan fingerprint density at radius 2 is 1.89 bits per heavy atom. The Hall–Kier alpha value is -2.64. The van der Waals surface area contributed by atoms with Crippen LogP contribution in [-0.4, -0.2) is 93.8 Å². The molecule has 12 nitrogen and oxygen atoms in total. The fraction of sp³-hybridized carbons (Fsp3) is 0.567. The van der Waals surface area contributed by atoms with Crippen molar-refractivity contribution in [1.29, 1.82) is 0 Å². The number of methoxy groups -OCH3 is 1. The highest BCUT2D eigenvalue weighted by Crippen LogP contribution is 2.33. The molecule has 5 atom stereocenters. The third-order valence-corrected chi connectivity index (χ3v) is 10.4. The number of amides is 1. The van der Waals surface area contributed by atoms with E-state index in [0.717, 1.165) is 5.56 Å². The summed E-state index contributed by atoms with van der Waals surface area (Å²) in [7, 11) is -2.85. The van der Waals surface area contributed by atoms with Gasteiger partial charge in [0.05, 0.1) is 43.3 Å². The van der Waals surface area contributed by atoms with E-state index in [9.17, 15) is 22.9 Å². The first-order valence-electron chi connectivity index (χ1n) is 14.5. The molecule has 2 N–H and O–H groups in total. The molecule has 2 aromatic carbocycles. The number of alkyl carbamates (subject to hydrolysis) is 1. The molecule has 4 rings (SSSR count). The number of carbonyl (C=O) groups excluding carboxylic acids is 1. The van der Waals surface area contributed by atoms with Crippen LogP contribution in [0, 0.1) is 5.92 Å². The smallest absolute Gasteiger partial charge is 0.407 e. The van der Waals surface area contributed by atoms with E-state index in [1.54, 1.807) is 26.0 Å². The Balaban J connectivity index is 1.58. The van der Waals surface area contributed by atoms with E-state index in [0.29, 0.717) is 18.8 Å². The van der Waals surface area contributed by atoms with Gasteiger partial charge in [0.25, 0.3) is 0 Å². The van der Waals surface area contributed by atoms with Crippen LogP contribution in [0.25, 0.3) is 0 Å². The van der Waals surface area contributed by atoms with E-state index in [1.165, 1.54) is 23.5 Å². The molecule has 0 spiro atoms. The minimum absolute atomic E-state index is 0.0131. The first kappa shape index (κ1) is 34.2. The highest BCUT2D eigenvalue weighted by atomic mass is 32.2. The van der Waals surface area contributed by atoms with Crippen molar-refractivity contribution >= 4 is 24.6 Å². The second kappa shape index (κ2) is 15.6. The molecular formula is C30H41N2O10PS. The molecule has 0 aromatic heterocycles. The lowest BCUT2D eigenvalue weighted by Crippen LogP contribution is -2.56. The van der Waals surface area contributed by atoms with Crippen molar-refractivity contribution < 1.29 is 46.6 Å². The number of β-amino-alcohol motifs (C(OH)–C–C–N with tert-alkyl or cyclic N) is 1. The fourth-order valence-electron chi connectivity index (χ4n) is 5.41. The van der Waals surface area contributed by atoms with Gasteiger partial charge >= 0.3 is 6.09 Å². The van der Waals surface area contributed by atoms with Crippen molar-refractivity contribution in [2.24, 2.45) is 5.92 Å². The minimum Gasteiger partial charge on any atom is -0.497 e. The number of aliphatic hydroxyl groups excluding tert-OH is 1. The van der Waals surface area contributed by atoms with Crippen LogP contribution in [0.2, 0.25) is 0 Å².